The van der Waals surface area contributed by atoms with Crippen LogP contribution in [0.1, 0.15) is 16.7 Å². The Morgan fingerprint density at radius 3 is 2.38 bits per heavy atom. The number of halogens is 1. The summed E-state index contributed by atoms with van der Waals surface area (Å²) in [6.45, 7) is 2.01. The number of rotatable bonds is 2. The van der Waals surface area contributed by atoms with Crippen LogP contribution in [0.4, 0.5) is 10.1 Å². The second-order valence-corrected chi connectivity index (χ2v) is 4.01. The number of nitrogen functional groups attached to an aromatic ring is 1. The molecule has 2 N–H and O–H groups in total. The molecule has 2 heteroatoms. The molecule has 0 radical (unpaired) electrons. The van der Waals surface area contributed by atoms with Crippen molar-refractivity contribution in [3.63, 3.8) is 0 Å². The van der Waals surface area contributed by atoms with Gasteiger partial charge in [-0.05, 0) is 48.2 Å². The Kier molecular flexibility index (Phi) is 2.91. The third-order valence-corrected chi connectivity index (χ3v) is 2.61. The first-order valence-electron chi connectivity index (χ1n) is 5.24. The highest BCUT2D eigenvalue weighted by molar-refractivity contribution is 5.50. The van der Waals surface area contributed by atoms with Crippen LogP contribution in [-0.2, 0) is 6.42 Å². The number of hydrogen-bond acceptors (Lipinski definition) is 1. The first kappa shape index (κ1) is 10.7. The van der Waals surface area contributed by atoms with Crippen molar-refractivity contribution in [2.24, 2.45) is 0 Å². The molecule has 0 bridgehead atoms. The highest BCUT2D eigenvalue weighted by Crippen LogP contribution is 2.18. The summed E-state index contributed by atoms with van der Waals surface area (Å²) >= 11 is 0. The van der Waals surface area contributed by atoms with Crippen LogP contribution in [0, 0.1) is 12.7 Å². The monoisotopic (exact) mass is 215 g/mol. The van der Waals surface area contributed by atoms with E-state index in [1.807, 2.05) is 25.1 Å². The molecule has 0 saturated heterocycles. The zero-order valence-corrected chi connectivity index (χ0v) is 9.20. The lowest BCUT2D eigenvalue weighted by molar-refractivity contribution is 0.627. The number of hydrogen-bond donors (Lipinski definition) is 1. The molecule has 2 rings (SSSR count). The summed E-state index contributed by atoms with van der Waals surface area (Å²) in [5, 5.41) is 0. The molecule has 2 aromatic carbocycles. The van der Waals surface area contributed by atoms with Gasteiger partial charge < -0.3 is 5.73 Å². The van der Waals surface area contributed by atoms with Crippen molar-refractivity contribution >= 4 is 5.69 Å². The van der Waals surface area contributed by atoms with Crippen LogP contribution in [0.15, 0.2) is 42.5 Å². The summed E-state index contributed by atoms with van der Waals surface area (Å²) in [5.74, 6) is -0.208. The van der Waals surface area contributed by atoms with Gasteiger partial charge in [-0.25, -0.2) is 4.39 Å². The Morgan fingerprint density at radius 2 is 1.75 bits per heavy atom. The lowest BCUT2D eigenvalue weighted by atomic mass is 10.0. The van der Waals surface area contributed by atoms with Crippen molar-refractivity contribution in [1.29, 1.82) is 0 Å². The van der Waals surface area contributed by atoms with Crippen LogP contribution in [0.5, 0.6) is 0 Å². The standard InChI is InChI=1S/C14H14FN/c1-10-2-5-12(14(16)8-10)9-11-3-6-13(15)7-4-11/h2-8H,9,16H2,1H3. The molecule has 82 valence electrons. The van der Waals surface area contributed by atoms with E-state index in [2.05, 4.69) is 0 Å². The van der Waals surface area contributed by atoms with E-state index >= 15 is 0 Å². The van der Waals surface area contributed by atoms with Crippen molar-refractivity contribution < 1.29 is 4.39 Å². The van der Waals surface area contributed by atoms with E-state index < -0.39 is 0 Å². The van der Waals surface area contributed by atoms with Gasteiger partial charge in [0.05, 0.1) is 0 Å². The summed E-state index contributed by atoms with van der Waals surface area (Å²) in [6, 6.07) is 12.5. The molecule has 0 saturated carbocycles. The van der Waals surface area contributed by atoms with E-state index in [9.17, 15) is 4.39 Å². The van der Waals surface area contributed by atoms with E-state index in [1.165, 1.54) is 12.1 Å². The fourth-order valence-electron chi connectivity index (χ4n) is 1.70. The molecule has 0 spiro atoms. The van der Waals surface area contributed by atoms with Crippen LogP contribution in [0.25, 0.3) is 0 Å². The number of anilines is 1. The average Bonchev–Trinajstić information content (AvgIpc) is 2.25. The second-order valence-electron chi connectivity index (χ2n) is 4.01. The van der Waals surface area contributed by atoms with E-state index in [1.54, 1.807) is 12.1 Å². The average molecular weight is 215 g/mol. The van der Waals surface area contributed by atoms with E-state index in [0.717, 1.165) is 28.8 Å². The number of aryl methyl sites for hydroxylation is 1. The van der Waals surface area contributed by atoms with Crippen molar-refractivity contribution in [2.75, 3.05) is 5.73 Å². The largest absolute Gasteiger partial charge is 0.398 e. The Balaban J connectivity index is 2.23. The predicted octanol–water partition coefficient (Wildman–Crippen LogP) is 3.31. The van der Waals surface area contributed by atoms with Crippen LogP contribution in [0.2, 0.25) is 0 Å². The van der Waals surface area contributed by atoms with Gasteiger partial charge in [-0.2, -0.15) is 0 Å². The normalized spacial score (nSPS) is 10.4. The van der Waals surface area contributed by atoms with Crippen molar-refractivity contribution in [1.82, 2.24) is 0 Å². The molecule has 0 aliphatic carbocycles. The van der Waals surface area contributed by atoms with Crippen LogP contribution < -0.4 is 5.73 Å². The fourth-order valence-corrected chi connectivity index (χ4v) is 1.70. The molecular formula is C14H14FN. The van der Waals surface area contributed by atoms with Crippen molar-refractivity contribution in [2.45, 2.75) is 13.3 Å². The van der Waals surface area contributed by atoms with Gasteiger partial charge in [-0.15, -0.1) is 0 Å². The summed E-state index contributed by atoms with van der Waals surface area (Å²) < 4.78 is 12.7. The van der Waals surface area contributed by atoms with Gasteiger partial charge in [0, 0.05) is 5.69 Å². The van der Waals surface area contributed by atoms with Crippen LogP contribution in [0.3, 0.4) is 0 Å². The molecule has 0 aromatic heterocycles. The fraction of sp³-hybridized carbons (Fsp3) is 0.143. The molecule has 0 amide bonds. The SMILES string of the molecule is Cc1ccc(Cc2ccc(F)cc2)c(N)c1. The molecule has 0 aliphatic heterocycles. The second kappa shape index (κ2) is 4.35. The van der Waals surface area contributed by atoms with Gasteiger partial charge in [-0.3, -0.25) is 0 Å². The third kappa shape index (κ3) is 2.40. The Bertz CT molecular complexity index is 489. The summed E-state index contributed by atoms with van der Waals surface area (Å²) in [6.07, 6.45) is 0.742. The molecule has 16 heavy (non-hydrogen) atoms. The molecule has 0 aliphatic rings. The molecule has 0 heterocycles. The minimum Gasteiger partial charge on any atom is -0.398 e. The minimum atomic E-state index is -0.208. The van der Waals surface area contributed by atoms with Gasteiger partial charge in [0.1, 0.15) is 5.82 Å². The van der Waals surface area contributed by atoms with E-state index in [4.69, 9.17) is 5.73 Å². The quantitative estimate of drug-likeness (QED) is 0.764. The van der Waals surface area contributed by atoms with E-state index in [-0.39, 0.29) is 5.82 Å². The molecule has 1 nitrogen and oxygen atoms in total. The lowest BCUT2D eigenvalue weighted by Gasteiger charge is -2.06. The van der Waals surface area contributed by atoms with Gasteiger partial charge in [-0.1, -0.05) is 24.3 Å². The molecule has 0 atom stereocenters. The summed E-state index contributed by atoms with van der Waals surface area (Å²) in [7, 11) is 0. The maximum Gasteiger partial charge on any atom is 0.123 e. The Labute approximate surface area is 94.7 Å². The highest BCUT2D eigenvalue weighted by Gasteiger charge is 2.01. The van der Waals surface area contributed by atoms with Gasteiger partial charge in [0.15, 0.2) is 0 Å². The maximum absolute atomic E-state index is 12.7. The summed E-state index contributed by atoms with van der Waals surface area (Å²) in [5.41, 5.74) is 10.0. The van der Waals surface area contributed by atoms with Crippen LogP contribution in [-0.4, -0.2) is 0 Å². The zero-order valence-electron chi connectivity index (χ0n) is 9.20. The van der Waals surface area contributed by atoms with Crippen LogP contribution >= 0.6 is 0 Å². The number of nitrogens with two attached hydrogens (primary N) is 1. The lowest BCUT2D eigenvalue weighted by Crippen LogP contribution is -1.96. The zero-order chi connectivity index (χ0) is 11.5. The van der Waals surface area contributed by atoms with E-state index in [0.29, 0.717) is 0 Å². The van der Waals surface area contributed by atoms with Gasteiger partial charge >= 0.3 is 0 Å². The smallest absolute Gasteiger partial charge is 0.123 e. The molecule has 0 unspecified atom stereocenters. The van der Waals surface area contributed by atoms with Crippen molar-refractivity contribution in [3.8, 4) is 0 Å². The Morgan fingerprint density at radius 1 is 1.06 bits per heavy atom. The van der Waals surface area contributed by atoms with Gasteiger partial charge in [0.2, 0.25) is 0 Å². The first-order chi connectivity index (χ1) is 7.65. The highest BCUT2D eigenvalue weighted by atomic mass is 19.1. The molecule has 2 aromatic rings. The number of benzene rings is 2. The summed E-state index contributed by atoms with van der Waals surface area (Å²) in [4.78, 5) is 0. The maximum atomic E-state index is 12.7. The van der Waals surface area contributed by atoms with Gasteiger partial charge in [0.25, 0.3) is 0 Å². The van der Waals surface area contributed by atoms with Crippen molar-refractivity contribution in [3.05, 3.63) is 65.0 Å². The predicted molar refractivity (Wildman–Crippen MR) is 64.8 cm³/mol. The topological polar surface area (TPSA) is 26.0 Å². The Hall–Kier alpha value is -1.83. The molecular weight excluding hydrogens is 201 g/mol. The minimum absolute atomic E-state index is 0.208. The third-order valence-electron chi connectivity index (χ3n) is 2.61. The first-order valence-corrected chi connectivity index (χ1v) is 5.24. The molecule has 0 fully saturated rings.